The molecule has 4 heteroatoms. The van der Waals surface area contributed by atoms with Gasteiger partial charge in [0.1, 0.15) is 0 Å². The maximum atomic E-state index is 0. The second-order valence-electron chi connectivity index (χ2n) is 0. The van der Waals surface area contributed by atoms with E-state index < -0.39 is 0 Å². The number of rotatable bonds is 0. The molecule has 0 aliphatic heterocycles. The molecule has 0 N–H and O–H groups in total. The van der Waals surface area contributed by atoms with Crippen molar-refractivity contribution in [3.05, 3.63) is 0 Å². The molecular formula is Fe3P-3. The van der Waals surface area contributed by atoms with Crippen LogP contribution < -0.4 is 0 Å². The van der Waals surface area contributed by atoms with Gasteiger partial charge in [0.2, 0.25) is 0 Å². The van der Waals surface area contributed by atoms with Gasteiger partial charge in [-0.05, 0) is 0 Å². The number of hydrogen-bond donors (Lipinski definition) is 0. The average molecular weight is 199 g/mol. The van der Waals surface area contributed by atoms with E-state index in [1.807, 2.05) is 0 Å². The quantitative estimate of drug-likeness (QED) is 0.400. The van der Waals surface area contributed by atoms with Crippen LogP contribution in [-0.2, 0) is 51.2 Å². The van der Waals surface area contributed by atoms with Gasteiger partial charge in [-0.1, -0.05) is 0 Å². The topological polar surface area (TPSA) is 0 Å². The fraction of sp³-hybridized carbons (Fsp3) is 0. The standard InChI is InChI=1S/3Fe.P/q;;;-3. The first-order valence-corrected chi connectivity index (χ1v) is 0. The Morgan fingerprint density at radius 3 is 0.500 bits per heavy atom. The maximum Gasteiger partial charge on any atom is 0 e. The normalized spacial score (nSPS) is 0. The van der Waals surface area contributed by atoms with Crippen LogP contribution in [0.15, 0.2) is 0 Å². The average Bonchev–Trinajstić information content (AvgIpc) is 0. The Morgan fingerprint density at radius 1 is 0.500 bits per heavy atom. The van der Waals surface area contributed by atoms with Crippen molar-refractivity contribution in [1.82, 2.24) is 0 Å². The van der Waals surface area contributed by atoms with E-state index in [9.17, 15) is 0 Å². The van der Waals surface area contributed by atoms with E-state index in [1.54, 1.807) is 0 Å². The molecule has 0 radical (unpaired) electrons. The minimum absolute atomic E-state index is 0. The Balaban J connectivity index is 0. The van der Waals surface area contributed by atoms with Gasteiger partial charge in [-0.15, -0.1) is 0 Å². The van der Waals surface area contributed by atoms with Gasteiger partial charge in [-0.3, -0.25) is 0 Å². The molecule has 0 amide bonds. The van der Waals surface area contributed by atoms with Crippen LogP contribution in [0.5, 0.6) is 0 Å². The minimum atomic E-state index is 0. The Labute approximate surface area is 60.9 Å². The summed E-state index contributed by atoms with van der Waals surface area (Å²) < 4.78 is 0. The van der Waals surface area contributed by atoms with Crippen molar-refractivity contribution in [2.45, 2.75) is 0 Å². The smallest absolute Gasteiger partial charge is 0 e. The Bertz CT molecular complexity index is 3.25. The minimum Gasteiger partial charge on any atom is -3.00 e. The van der Waals surface area contributed by atoms with Crippen molar-refractivity contribution in [3.63, 3.8) is 0 Å². The van der Waals surface area contributed by atoms with Crippen LogP contribution >= 0.6 is 9.90 Å². The second kappa shape index (κ2) is 20.1. The molecule has 0 bridgehead atoms. The molecule has 0 spiro atoms. The fourth-order valence-electron chi connectivity index (χ4n) is 0. The predicted octanol–water partition coefficient (Wildman–Crippen LogP) is 0.854. The zero-order valence-corrected chi connectivity index (χ0v) is 5.71. The summed E-state index contributed by atoms with van der Waals surface area (Å²) in [6.07, 6.45) is 0. The molecule has 0 unspecified atom stereocenters. The summed E-state index contributed by atoms with van der Waals surface area (Å²) >= 11 is 0. The first kappa shape index (κ1) is 37.7. The molecular weight excluding hydrogens is 199 g/mol. The first-order valence-electron chi connectivity index (χ1n) is 0. The molecule has 0 aromatic carbocycles. The van der Waals surface area contributed by atoms with Crippen LogP contribution in [0.25, 0.3) is 0 Å². The van der Waals surface area contributed by atoms with Crippen molar-refractivity contribution in [1.29, 1.82) is 0 Å². The van der Waals surface area contributed by atoms with E-state index in [1.165, 1.54) is 0 Å². The molecule has 4 heavy (non-hydrogen) atoms. The molecule has 0 aliphatic rings. The third-order valence-electron chi connectivity index (χ3n) is 0. The van der Waals surface area contributed by atoms with Gasteiger partial charge < -0.3 is 9.90 Å². The van der Waals surface area contributed by atoms with Gasteiger partial charge in [0, 0.05) is 51.2 Å². The Morgan fingerprint density at radius 2 is 0.500 bits per heavy atom. The van der Waals surface area contributed by atoms with Gasteiger partial charge in [-0.25, -0.2) is 0 Å². The molecule has 0 aromatic rings. The first-order chi connectivity index (χ1) is 0. The van der Waals surface area contributed by atoms with E-state index >= 15 is 0 Å². The molecule has 0 fully saturated rings. The predicted molar refractivity (Wildman–Crippen MR) is 6.92 cm³/mol. The molecule has 0 aromatic heterocycles. The molecule has 0 rings (SSSR count). The van der Waals surface area contributed by atoms with Crippen LogP contribution in [0.4, 0.5) is 0 Å². The van der Waals surface area contributed by atoms with Gasteiger partial charge in [-0.2, -0.15) is 0 Å². The van der Waals surface area contributed by atoms with Crippen molar-refractivity contribution < 1.29 is 51.2 Å². The van der Waals surface area contributed by atoms with Gasteiger partial charge in [0.05, 0.1) is 0 Å². The molecule has 0 saturated heterocycles. The molecule has 0 aliphatic carbocycles. The van der Waals surface area contributed by atoms with Crippen LogP contribution in [0.2, 0.25) is 0 Å². The monoisotopic (exact) mass is 199 g/mol. The van der Waals surface area contributed by atoms with Crippen LogP contribution in [0.3, 0.4) is 0 Å². The number of hydrogen-bond acceptors (Lipinski definition) is 0. The van der Waals surface area contributed by atoms with Crippen LogP contribution in [0, 0.1) is 0 Å². The Hall–Kier alpha value is 1.99. The van der Waals surface area contributed by atoms with Crippen molar-refractivity contribution in [2.24, 2.45) is 0 Å². The van der Waals surface area contributed by atoms with E-state index in [4.69, 9.17) is 0 Å². The Kier molecular flexibility index (Phi) is 189. The zero-order chi connectivity index (χ0) is 0. The van der Waals surface area contributed by atoms with Crippen molar-refractivity contribution in [3.8, 4) is 0 Å². The van der Waals surface area contributed by atoms with Crippen LogP contribution in [-0.4, -0.2) is 0 Å². The fourth-order valence-corrected chi connectivity index (χ4v) is 0. The van der Waals surface area contributed by atoms with Crippen molar-refractivity contribution in [2.75, 3.05) is 0 Å². The zero-order valence-electron chi connectivity index (χ0n) is 1.51. The van der Waals surface area contributed by atoms with E-state index in [2.05, 4.69) is 0 Å². The molecule has 0 atom stereocenters. The second-order valence-corrected chi connectivity index (χ2v) is 0. The summed E-state index contributed by atoms with van der Waals surface area (Å²) in [5, 5.41) is 0. The van der Waals surface area contributed by atoms with Crippen LogP contribution in [0.1, 0.15) is 0 Å². The molecule has 0 heterocycles. The van der Waals surface area contributed by atoms with Gasteiger partial charge >= 0.3 is 0 Å². The summed E-state index contributed by atoms with van der Waals surface area (Å²) in [4.78, 5) is 0. The molecule has 0 saturated carbocycles. The summed E-state index contributed by atoms with van der Waals surface area (Å²) in [6, 6.07) is 0. The van der Waals surface area contributed by atoms with Gasteiger partial charge in [0.15, 0.2) is 0 Å². The summed E-state index contributed by atoms with van der Waals surface area (Å²) in [7, 11) is 0. The summed E-state index contributed by atoms with van der Waals surface area (Å²) in [5.74, 6) is 0. The van der Waals surface area contributed by atoms with Gasteiger partial charge in [0.25, 0.3) is 0 Å². The van der Waals surface area contributed by atoms with E-state index in [0.29, 0.717) is 0 Å². The van der Waals surface area contributed by atoms with Crippen molar-refractivity contribution >= 4 is 9.90 Å². The van der Waals surface area contributed by atoms with E-state index in [-0.39, 0.29) is 61.1 Å². The molecule has 0 nitrogen and oxygen atoms in total. The third kappa shape index (κ3) is 9.01. The maximum absolute atomic E-state index is 0. The largest absolute Gasteiger partial charge is 3.00 e. The summed E-state index contributed by atoms with van der Waals surface area (Å²) in [5.41, 5.74) is 0. The summed E-state index contributed by atoms with van der Waals surface area (Å²) in [6.45, 7) is 0. The van der Waals surface area contributed by atoms with E-state index in [0.717, 1.165) is 0 Å². The third-order valence-corrected chi connectivity index (χ3v) is 0. The SMILES string of the molecule is [Fe].[Fe].[Fe].[P-3]. The molecule has 32 valence electrons.